The zero-order chi connectivity index (χ0) is 20.6. The lowest BCUT2D eigenvalue weighted by atomic mass is 10.2. The number of nitrogens with zero attached hydrogens (tertiary/aromatic N) is 2. The Bertz CT molecular complexity index is 1000. The Hall–Kier alpha value is -2.96. The van der Waals surface area contributed by atoms with Crippen LogP contribution in [0.2, 0.25) is 5.02 Å². The van der Waals surface area contributed by atoms with E-state index in [0.29, 0.717) is 22.3 Å². The van der Waals surface area contributed by atoms with Gasteiger partial charge in [-0.25, -0.2) is 4.98 Å². The Morgan fingerprint density at radius 1 is 1.14 bits per heavy atom. The Kier molecular flexibility index (Phi) is 7.16. The van der Waals surface area contributed by atoms with Crippen molar-refractivity contribution >= 4 is 39.9 Å². The Labute approximate surface area is 178 Å². The predicted molar refractivity (Wildman–Crippen MR) is 119 cm³/mol. The summed E-state index contributed by atoms with van der Waals surface area (Å²) >= 11 is 7.43. The molecule has 0 saturated heterocycles. The zero-order valence-electron chi connectivity index (χ0n) is 15.7. The molecular weight excluding hydrogens is 406 g/mol. The zero-order valence-corrected chi connectivity index (χ0v) is 17.2. The van der Waals surface area contributed by atoms with Crippen LogP contribution in [-0.4, -0.2) is 29.9 Å². The predicted octanol–water partition coefficient (Wildman–Crippen LogP) is 4.80. The van der Waals surface area contributed by atoms with E-state index in [-0.39, 0.29) is 24.8 Å². The average Bonchev–Trinajstić information content (AvgIpc) is 3.22. The van der Waals surface area contributed by atoms with Crippen molar-refractivity contribution in [3.63, 3.8) is 0 Å². The number of benzene rings is 2. The molecule has 29 heavy (non-hydrogen) atoms. The van der Waals surface area contributed by atoms with Crippen LogP contribution >= 0.6 is 22.9 Å². The van der Waals surface area contributed by atoms with Gasteiger partial charge in [-0.3, -0.25) is 14.5 Å². The lowest BCUT2D eigenvalue weighted by Gasteiger charge is -2.18. The molecule has 3 aromatic rings. The molecule has 0 aliphatic rings. The molecule has 0 spiro atoms. The van der Waals surface area contributed by atoms with Crippen molar-refractivity contribution in [3.8, 4) is 11.3 Å². The van der Waals surface area contributed by atoms with Gasteiger partial charge in [-0.15, -0.1) is 17.9 Å². The van der Waals surface area contributed by atoms with Crippen LogP contribution in [0.25, 0.3) is 11.3 Å². The normalized spacial score (nSPS) is 10.4. The van der Waals surface area contributed by atoms with Gasteiger partial charge in [-0.05, 0) is 12.1 Å². The van der Waals surface area contributed by atoms with E-state index in [9.17, 15) is 9.59 Å². The van der Waals surface area contributed by atoms with Crippen LogP contribution in [0.1, 0.15) is 16.8 Å². The molecule has 1 heterocycles. The van der Waals surface area contributed by atoms with Crippen molar-refractivity contribution in [2.24, 2.45) is 0 Å². The first-order valence-electron chi connectivity index (χ1n) is 9.05. The van der Waals surface area contributed by atoms with Crippen LogP contribution in [0.3, 0.4) is 0 Å². The van der Waals surface area contributed by atoms with Gasteiger partial charge in [0.1, 0.15) is 0 Å². The highest BCUT2D eigenvalue weighted by Crippen LogP contribution is 2.27. The van der Waals surface area contributed by atoms with Crippen molar-refractivity contribution in [1.82, 2.24) is 10.3 Å². The average molecular weight is 426 g/mol. The molecule has 148 valence electrons. The maximum atomic E-state index is 12.7. The summed E-state index contributed by atoms with van der Waals surface area (Å²) in [6.07, 6.45) is 1.80. The van der Waals surface area contributed by atoms with Crippen molar-refractivity contribution in [3.05, 3.63) is 83.2 Å². The Balaban J connectivity index is 1.63. The quantitative estimate of drug-likeness (QED) is 0.527. The molecule has 7 heteroatoms. The highest BCUT2D eigenvalue weighted by atomic mass is 35.5. The molecule has 2 amide bonds. The van der Waals surface area contributed by atoms with Crippen molar-refractivity contribution < 1.29 is 9.59 Å². The summed E-state index contributed by atoms with van der Waals surface area (Å²) in [6.45, 7) is 4.28. The molecular formula is C22H20ClN3O2S. The number of amides is 2. The third kappa shape index (κ3) is 5.31. The molecule has 0 radical (unpaired) electrons. The van der Waals surface area contributed by atoms with Crippen LogP contribution in [0, 0.1) is 0 Å². The second-order valence-corrected chi connectivity index (χ2v) is 7.40. The summed E-state index contributed by atoms with van der Waals surface area (Å²) in [5, 5.41) is 5.64. The number of hydrogen-bond acceptors (Lipinski definition) is 4. The van der Waals surface area contributed by atoms with E-state index >= 15 is 0 Å². The fourth-order valence-electron chi connectivity index (χ4n) is 2.70. The smallest absolute Gasteiger partial charge is 0.252 e. The molecule has 0 bridgehead atoms. The maximum absolute atomic E-state index is 12.7. The molecule has 1 aromatic heterocycles. The molecule has 0 fully saturated rings. The van der Waals surface area contributed by atoms with Gasteiger partial charge in [0, 0.05) is 30.5 Å². The third-order valence-corrected chi connectivity index (χ3v) is 5.34. The number of halogens is 1. The number of anilines is 1. The van der Waals surface area contributed by atoms with Gasteiger partial charge in [-0.2, -0.15) is 0 Å². The lowest BCUT2D eigenvalue weighted by Crippen LogP contribution is -2.34. The molecule has 5 nitrogen and oxygen atoms in total. The lowest BCUT2D eigenvalue weighted by molar-refractivity contribution is -0.118. The van der Waals surface area contributed by atoms with E-state index in [4.69, 9.17) is 11.6 Å². The van der Waals surface area contributed by atoms with Crippen LogP contribution in [-0.2, 0) is 4.79 Å². The minimum atomic E-state index is -0.306. The maximum Gasteiger partial charge on any atom is 0.252 e. The first-order valence-corrected chi connectivity index (χ1v) is 10.3. The van der Waals surface area contributed by atoms with E-state index in [1.165, 1.54) is 11.3 Å². The highest BCUT2D eigenvalue weighted by molar-refractivity contribution is 7.14. The van der Waals surface area contributed by atoms with Gasteiger partial charge in [-0.1, -0.05) is 60.1 Å². The van der Waals surface area contributed by atoms with Crippen LogP contribution in [0.5, 0.6) is 0 Å². The van der Waals surface area contributed by atoms with Gasteiger partial charge >= 0.3 is 0 Å². The van der Waals surface area contributed by atoms with E-state index in [1.54, 1.807) is 35.2 Å². The number of aromatic nitrogens is 1. The highest BCUT2D eigenvalue weighted by Gasteiger charge is 2.19. The van der Waals surface area contributed by atoms with Crippen LogP contribution in [0.4, 0.5) is 5.13 Å². The molecule has 0 unspecified atom stereocenters. The molecule has 0 aliphatic carbocycles. The molecule has 1 N–H and O–H groups in total. The summed E-state index contributed by atoms with van der Waals surface area (Å²) in [5.41, 5.74) is 2.20. The Morgan fingerprint density at radius 3 is 2.59 bits per heavy atom. The van der Waals surface area contributed by atoms with Gasteiger partial charge in [0.15, 0.2) is 5.13 Å². The fraction of sp³-hybridized carbons (Fsp3) is 0.136. The number of nitrogens with one attached hydrogen (secondary N) is 1. The minimum absolute atomic E-state index is 0.140. The first kappa shape index (κ1) is 20.8. The standard InChI is InChI=1S/C22H20ClN3O2S/c1-2-14-26(22-25-19(15-29-22)16-8-4-3-5-9-16)20(27)12-13-24-21(28)17-10-6-7-11-18(17)23/h2-11,15H,1,12-14H2,(H,24,28). The second-order valence-electron chi connectivity index (χ2n) is 6.16. The van der Waals surface area contributed by atoms with E-state index < -0.39 is 0 Å². The third-order valence-electron chi connectivity index (χ3n) is 4.15. The monoisotopic (exact) mass is 425 g/mol. The first-order chi connectivity index (χ1) is 14.1. The van der Waals surface area contributed by atoms with Crippen molar-refractivity contribution in [2.45, 2.75) is 6.42 Å². The number of rotatable bonds is 8. The molecule has 2 aromatic carbocycles. The Morgan fingerprint density at radius 2 is 1.86 bits per heavy atom. The van der Waals surface area contributed by atoms with Crippen molar-refractivity contribution in [2.75, 3.05) is 18.0 Å². The van der Waals surface area contributed by atoms with E-state index in [0.717, 1.165) is 11.3 Å². The second kappa shape index (κ2) is 10.0. The summed E-state index contributed by atoms with van der Waals surface area (Å²) < 4.78 is 0. The topological polar surface area (TPSA) is 62.3 Å². The fourth-order valence-corrected chi connectivity index (χ4v) is 3.79. The van der Waals surface area contributed by atoms with Gasteiger partial charge in [0.25, 0.3) is 5.91 Å². The van der Waals surface area contributed by atoms with Crippen LogP contribution in [0.15, 0.2) is 72.6 Å². The summed E-state index contributed by atoms with van der Waals surface area (Å²) in [7, 11) is 0. The summed E-state index contributed by atoms with van der Waals surface area (Å²) in [4.78, 5) is 31.1. The molecule has 0 atom stereocenters. The van der Waals surface area contributed by atoms with Gasteiger partial charge in [0.2, 0.25) is 5.91 Å². The van der Waals surface area contributed by atoms with E-state index in [2.05, 4.69) is 16.9 Å². The summed E-state index contributed by atoms with van der Waals surface area (Å²) in [6, 6.07) is 16.6. The molecule has 0 saturated carbocycles. The van der Waals surface area contributed by atoms with Crippen LogP contribution < -0.4 is 10.2 Å². The van der Waals surface area contributed by atoms with E-state index in [1.807, 2.05) is 35.7 Å². The van der Waals surface area contributed by atoms with Gasteiger partial charge < -0.3 is 5.32 Å². The number of thiazole rings is 1. The SMILES string of the molecule is C=CCN(C(=O)CCNC(=O)c1ccccc1Cl)c1nc(-c2ccccc2)cs1. The number of hydrogen-bond donors (Lipinski definition) is 1. The molecule has 3 rings (SSSR count). The van der Waals surface area contributed by atoms with Gasteiger partial charge in [0.05, 0.1) is 16.3 Å². The largest absolute Gasteiger partial charge is 0.351 e. The summed E-state index contributed by atoms with van der Waals surface area (Å²) in [5.74, 6) is -0.447. The number of carbonyl (C=O) groups is 2. The van der Waals surface area contributed by atoms with Crippen molar-refractivity contribution in [1.29, 1.82) is 0 Å². The number of carbonyl (C=O) groups excluding carboxylic acids is 2. The molecule has 0 aliphatic heterocycles. The minimum Gasteiger partial charge on any atom is -0.351 e.